The number of hydrogen-bond donors (Lipinski definition) is 2. The lowest BCUT2D eigenvalue weighted by molar-refractivity contribution is 0.170. The van der Waals surface area contributed by atoms with Crippen molar-refractivity contribution in [2.45, 2.75) is 39.0 Å². The van der Waals surface area contributed by atoms with Gasteiger partial charge in [0.05, 0.1) is 10.6 Å². The highest BCUT2D eigenvalue weighted by Gasteiger charge is 2.18. The van der Waals surface area contributed by atoms with Gasteiger partial charge in [-0.15, -0.1) is 0 Å². The fraction of sp³-hybridized carbons (Fsp3) is 0.538. The van der Waals surface area contributed by atoms with Crippen molar-refractivity contribution in [3.63, 3.8) is 0 Å². The van der Waals surface area contributed by atoms with Gasteiger partial charge in [-0.1, -0.05) is 0 Å². The molecule has 5 heteroatoms. The van der Waals surface area contributed by atoms with Crippen molar-refractivity contribution in [1.29, 1.82) is 0 Å². The van der Waals surface area contributed by atoms with Crippen molar-refractivity contribution in [2.75, 3.05) is 6.79 Å². The molecule has 2 N–H and O–H groups in total. The molecule has 1 aromatic carbocycles. The van der Waals surface area contributed by atoms with Gasteiger partial charge in [0.1, 0.15) is 0 Å². The SMILES string of the molecule is CC(O)CC(C)NCc1cc(Br)c2c(c1)OCO2. The van der Waals surface area contributed by atoms with Gasteiger partial charge in [0.25, 0.3) is 0 Å². The average molecular weight is 316 g/mol. The van der Waals surface area contributed by atoms with Crippen LogP contribution in [0.1, 0.15) is 25.8 Å². The molecule has 100 valence electrons. The maximum absolute atomic E-state index is 9.31. The zero-order valence-electron chi connectivity index (χ0n) is 10.6. The summed E-state index contributed by atoms with van der Waals surface area (Å²) < 4.78 is 11.6. The maximum Gasteiger partial charge on any atom is 0.231 e. The van der Waals surface area contributed by atoms with Crippen LogP contribution in [0.15, 0.2) is 16.6 Å². The summed E-state index contributed by atoms with van der Waals surface area (Å²) in [5, 5.41) is 12.7. The van der Waals surface area contributed by atoms with Crippen molar-refractivity contribution in [2.24, 2.45) is 0 Å². The van der Waals surface area contributed by atoms with Crippen LogP contribution in [0, 0.1) is 0 Å². The normalized spacial score (nSPS) is 16.7. The van der Waals surface area contributed by atoms with Crippen molar-refractivity contribution in [3.8, 4) is 11.5 Å². The quantitative estimate of drug-likeness (QED) is 0.876. The van der Waals surface area contributed by atoms with Crippen LogP contribution in [0.2, 0.25) is 0 Å². The lowest BCUT2D eigenvalue weighted by Gasteiger charge is -2.15. The molecule has 1 heterocycles. The van der Waals surface area contributed by atoms with Gasteiger partial charge < -0.3 is 19.9 Å². The first kappa shape index (κ1) is 13.6. The lowest BCUT2D eigenvalue weighted by atomic mass is 10.1. The molecule has 0 spiro atoms. The Kier molecular flexibility index (Phi) is 4.48. The first-order valence-electron chi connectivity index (χ1n) is 6.05. The van der Waals surface area contributed by atoms with Gasteiger partial charge in [-0.2, -0.15) is 0 Å². The Hall–Kier alpha value is -0.780. The van der Waals surface area contributed by atoms with E-state index in [0.29, 0.717) is 0 Å². The van der Waals surface area contributed by atoms with E-state index in [4.69, 9.17) is 9.47 Å². The number of fused-ring (bicyclic) bond motifs is 1. The van der Waals surface area contributed by atoms with Crippen molar-refractivity contribution in [3.05, 3.63) is 22.2 Å². The fourth-order valence-electron chi connectivity index (χ4n) is 2.01. The van der Waals surface area contributed by atoms with Crippen LogP contribution in [0.3, 0.4) is 0 Å². The molecule has 0 fully saturated rings. The first-order valence-corrected chi connectivity index (χ1v) is 6.85. The van der Waals surface area contributed by atoms with Crippen LogP contribution in [-0.4, -0.2) is 24.0 Å². The molecule has 4 nitrogen and oxygen atoms in total. The molecule has 0 aliphatic carbocycles. The molecule has 0 aromatic heterocycles. The van der Waals surface area contributed by atoms with Crippen molar-refractivity contribution >= 4 is 15.9 Å². The van der Waals surface area contributed by atoms with Crippen molar-refractivity contribution < 1.29 is 14.6 Å². The summed E-state index contributed by atoms with van der Waals surface area (Å²) >= 11 is 3.47. The predicted octanol–water partition coefficient (Wildman–Crippen LogP) is 2.43. The first-order chi connectivity index (χ1) is 8.56. The Morgan fingerprint density at radius 3 is 2.89 bits per heavy atom. The van der Waals surface area contributed by atoms with Crippen LogP contribution in [0.25, 0.3) is 0 Å². The Labute approximate surface area is 115 Å². The third kappa shape index (κ3) is 3.37. The van der Waals surface area contributed by atoms with Crippen LogP contribution < -0.4 is 14.8 Å². The van der Waals surface area contributed by atoms with E-state index in [-0.39, 0.29) is 18.9 Å². The van der Waals surface area contributed by atoms with Crippen LogP contribution in [0.4, 0.5) is 0 Å². The molecule has 0 radical (unpaired) electrons. The molecule has 0 saturated carbocycles. The van der Waals surface area contributed by atoms with E-state index in [1.165, 1.54) is 0 Å². The summed E-state index contributed by atoms with van der Waals surface area (Å²) in [6.45, 7) is 4.89. The minimum Gasteiger partial charge on any atom is -0.454 e. The van der Waals surface area contributed by atoms with Crippen molar-refractivity contribution in [1.82, 2.24) is 5.32 Å². The number of ether oxygens (including phenoxy) is 2. The molecular weight excluding hydrogens is 298 g/mol. The Morgan fingerprint density at radius 2 is 2.17 bits per heavy atom. The Balaban J connectivity index is 1.96. The molecule has 0 saturated heterocycles. The summed E-state index contributed by atoms with van der Waals surface area (Å²) in [5.74, 6) is 1.56. The van der Waals surface area contributed by atoms with E-state index in [1.807, 2.05) is 12.1 Å². The van der Waals surface area contributed by atoms with Gasteiger partial charge in [0.15, 0.2) is 11.5 Å². The third-order valence-electron chi connectivity index (χ3n) is 2.84. The predicted molar refractivity (Wildman–Crippen MR) is 72.9 cm³/mol. The highest BCUT2D eigenvalue weighted by Crippen LogP contribution is 2.39. The number of benzene rings is 1. The minimum atomic E-state index is -0.281. The molecule has 2 atom stereocenters. The van der Waals surface area contributed by atoms with Gasteiger partial charge in [-0.05, 0) is 53.9 Å². The zero-order valence-corrected chi connectivity index (χ0v) is 12.2. The third-order valence-corrected chi connectivity index (χ3v) is 3.43. The Morgan fingerprint density at radius 1 is 1.39 bits per heavy atom. The summed E-state index contributed by atoms with van der Waals surface area (Å²) in [6, 6.07) is 4.28. The van der Waals surface area contributed by atoms with E-state index in [2.05, 4.69) is 28.2 Å². The molecule has 0 bridgehead atoms. The number of aliphatic hydroxyl groups excluding tert-OH is 1. The van der Waals surface area contributed by atoms with Gasteiger partial charge in [-0.25, -0.2) is 0 Å². The molecule has 1 aromatic rings. The van der Waals surface area contributed by atoms with E-state index < -0.39 is 0 Å². The molecular formula is C13H18BrNO3. The van der Waals surface area contributed by atoms with Gasteiger partial charge in [0, 0.05) is 12.6 Å². The van der Waals surface area contributed by atoms with Crippen LogP contribution in [0.5, 0.6) is 11.5 Å². The van der Waals surface area contributed by atoms with E-state index >= 15 is 0 Å². The number of nitrogens with one attached hydrogen (secondary N) is 1. The molecule has 1 aliphatic rings. The fourth-order valence-corrected chi connectivity index (χ4v) is 2.61. The number of hydrogen-bond acceptors (Lipinski definition) is 4. The maximum atomic E-state index is 9.31. The highest BCUT2D eigenvalue weighted by molar-refractivity contribution is 9.10. The van der Waals surface area contributed by atoms with Crippen LogP contribution >= 0.6 is 15.9 Å². The van der Waals surface area contributed by atoms with Gasteiger partial charge in [0.2, 0.25) is 6.79 Å². The Bertz CT molecular complexity index is 423. The van der Waals surface area contributed by atoms with Gasteiger partial charge in [-0.3, -0.25) is 0 Å². The number of halogens is 1. The second kappa shape index (κ2) is 5.91. The molecule has 2 unspecified atom stereocenters. The second-order valence-corrected chi connectivity index (χ2v) is 5.53. The standard InChI is InChI=1S/C13H18BrNO3/c1-8(3-9(2)16)15-6-10-4-11(14)13-12(5-10)17-7-18-13/h4-5,8-9,15-16H,3,6-7H2,1-2H3. The van der Waals surface area contributed by atoms with E-state index in [0.717, 1.165) is 34.5 Å². The monoisotopic (exact) mass is 315 g/mol. The zero-order chi connectivity index (χ0) is 13.1. The van der Waals surface area contributed by atoms with E-state index in [1.54, 1.807) is 6.92 Å². The number of rotatable bonds is 5. The molecule has 0 amide bonds. The summed E-state index contributed by atoms with van der Waals surface area (Å²) in [6.07, 6.45) is 0.460. The minimum absolute atomic E-state index is 0.272. The topological polar surface area (TPSA) is 50.7 Å². The van der Waals surface area contributed by atoms with E-state index in [9.17, 15) is 5.11 Å². The van der Waals surface area contributed by atoms with Crippen LogP contribution in [-0.2, 0) is 6.54 Å². The molecule has 1 aliphatic heterocycles. The highest BCUT2D eigenvalue weighted by atomic mass is 79.9. The average Bonchev–Trinajstić information content (AvgIpc) is 2.74. The lowest BCUT2D eigenvalue weighted by Crippen LogP contribution is -2.28. The summed E-state index contributed by atoms with van der Waals surface area (Å²) in [4.78, 5) is 0. The molecule has 2 rings (SSSR count). The largest absolute Gasteiger partial charge is 0.454 e. The molecule has 18 heavy (non-hydrogen) atoms. The summed E-state index contributed by atoms with van der Waals surface area (Å²) in [7, 11) is 0. The summed E-state index contributed by atoms with van der Waals surface area (Å²) in [5.41, 5.74) is 1.13. The number of aliphatic hydroxyl groups is 1. The van der Waals surface area contributed by atoms with Gasteiger partial charge >= 0.3 is 0 Å². The second-order valence-electron chi connectivity index (χ2n) is 4.68. The smallest absolute Gasteiger partial charge is 0.231 e.